The van der Waals surface area contributed by atoms with Crippen LogP contribution in [0.3, 0.4) is 0 Å². The second kappa shape index (κ2) is 4.82. The van der Waals surface area contributed by atoms with E-state index < -0.39 is 0 Å². The zero-order chi connectivity index (χ0) is 12.4. The average molecular weight is 243 g/mol. The maximum Gasteiger partial charge on any atom is 0.124 e. The number of aromatic nitrogens is 2. The van der Waals surface area contributed by atoms with Gasteiger partial charge in [-0.3, -0.25) is 0 Å². The molecule has 0 aliphatic carbocycles. The molecule has 1 aliphatic rings. The molecule has 0 unspecified atom stereocenters. The van der Waals surface area contributed by atoms with Crippen LogP contribution in [0.4, 0.5) is 0 Å². The maximum absolute atomic E-state index is 5.66. The van der Waals surface area contributed by atoms with Gasteiger partial charge in [0, 0.05) is 37.8 Å². The minimum atomic E-state index is 0.366. The van der Waals surface area contributed by atoms with Crippen molar-refractivity contribution in [1.82, 2.24) is 14.9 Å². The Bertz CT molecular complexity index is 535. The molecule has 1 aromatic carbocycles. The molecule has 1 atom stereocenters. The van der Waals surface area contributed by atoms with Crippen LogP contribution in [0.1, 0.15) is 23.7 Å². The van der Waals surface area contributed by atoms with E-state index in [4.69, 9.17) is 4.74 Å². The standard InChI is InChI=1S/C14H17N3O/c1-17-10-15-8-11(17)9-16-13-6-7-18-14-5-3-2-4-12(13)14/h2-5,8,10,13,16H,6-7,9H2,1H3/t13-/m0/s1. The van der Waals surface area contributed by atoms with E-state index in [1.165, 1.54) is 11.3 Å². The van der Waals surface area contributed by atoms with E-state index in [9.17, 15) is 0 Å². The molecule has 0 amide bonds. The van der Waals surface area contributed by atoms with Gasteiger partial charge in [-0.25, -0.2) is 4.98 Å². The Hall–Kier alpha value is -1.81. The molecule has 0 spiro atoms. The van der Waals surface area contributed by atoms with Crippen molar-refractivity contribution in [2.75, 3.05) is 6.61 Å². The summed E-state index contributed by atoms with van der Waals surface area (Å²) in [5, 5.41) is 3.58. The van der Waals surface area contributed by atoms with E-state index in [-0.39, 0.29) is 0 Å². The van der Waals surface area contributed by atoms with Crippen LogP contribution < -0.4 is 10.1 Å². The number of imidazole rings is 1. The highest BCUT2D eigenvalue weighted by molar-refractivity contribution is 5.37. The Morgan fingerprint density at radius 1 is 1.44 bits per heavy atom. The molecule has 18 heavy (non-hydrogen) atoms. The SMILES string of the molecule is Cn1cncc1CN[C@H]1CCOc2ccccc21. The molecule has 0 radical (unpaired) electrons. The number of hydrogen-bond acceptors (Lipinski definition) is 3. The first kappa shape index (κ1) is 11.3. The predicted molar refractivity (Wildman–Crippen MR) is 69.3 cm³/mol. The number of nitrogens with zero attached hydrogens (tertiary/aromatic N) is 2. The van der Waals surface area contributed by atoms with Crippen LogP contribution in [-0.2, 0) is 13.6 Å². The highest BCUT2D eigenvalue weighted by Crippen LogP contribution is 2.31. The minimum absolute atomic E-state index is 0.366. The number of ether oxygens (including phenoxy) is 1. The summed E-state index contributed by atoms with van der Waals surface area (Å²) in [5.41, 5.74) is 2.45. The van der Waals surface area contributed by atoms with E-state index in [1.54, 1.807) is 0 Å². The van der Waals surface area contributed by atoms with Crippen LogP contribution in [-0.4, -0.2) is 16.2 Å². The molecule has 0 saturated heterocycles. The Morgan fingerprint density at radius 2 is 2.33 bits per heavy atom. The molecule has 1 aliphatic heterocycles. The van der Waals surface area contributed by atoms with Gasteiger partial charge in [0.15, 0.2) is 0 Å². The number of benzene rings is 1. The summed E-state index contributed by atoms with van der Waals surface area (Å²) in [6, 6.07) is 8.61. The largest absolute Gasteiger partial charge is 0.493 e. The Kier molecular flexibility index (Phi) is 3.02. The average Bonchev–Trinajstić information content (AvgIpc) is 2.82. The Balaban J connectivity index is 1.73. The summed E-state index contributed by atoms with van der Waals surface area (Å²) in [5.74, 6) is 1.01. The van der Waals surface area contributed by atoms with Crippen molar-refractivity contribution >= 4 is 0 Å². The summed E-state index contributed by atoms with van der Waals surface area (Å²) >= 11 is 0. The third-order valence-electron chi connectivity index (χ3n) is 3.40. The third kappa shape index (κ3) is 2.11. The third-order valence-corrected chi connectivity index (χ3v) is 3.40. The zero-order valence-electron chi connectivity index (χ0n) is 10.5. The number of hydrogen-bond donors (Lipinski definition) is 1. The Morgan fingerprint density at radius 3 is 3.17 bits per heavy atom. The lowest BCUT2D eigenvalue weighted by Gasteiger charge is -2.26. The number of para-hydroxylation sites is 1. The van der Waals surface area contributed by atoms with Crippen molar-refractivity contribution in [3.8, 4) is 5.75 Å². The van der Waals surface area contributed by atoms with Crippen molar-refractivity contribution in [2.24, 2.45) is 7.05 Å². The summed E-state index contributed by atoms with van der Waals surface area (Å²) in [6.07, 6.45) is 4.74. The van der Waals surface area contributed by atoms with Gasteiger partial charge < -0.3 is 14.6 Å². The second-order valence-electron chi connectivity index (χ2n) is 4.60. The molecule has 94 valence electrons. The molecule has 1 aromatic heterocycles. The molecule has 2 aromatic rings. The number of fused-ring (bicyclic) bond motifs is 1. The van der Waals surface area contributed by atoms with E-state index in [0.717, 1.165) is 25.3 Å². The quantitative estimate of drug-likeness (QED) is 0.896. The lowest BCUT2D eigenvalue weighted by Crippen LogP contribution is -2.27. The highest BCUT2D eigenvalue weighted by atomic mass is 16.5. The molecule has 4 nitrogen and oxygen atoms in total. The van der Waals surface area contributed by atoms with Gasteiger partial charge in [0.05, 0.1) is 18.6 Å². The first-order valence-electron chi connectivity index (χ1n) is 6.25. The van der Waals surface area contributed by atoms with Gasteiger partial charge >= 0.3 is 0 Å². The second-order valence-corrected chi connectivity index (χ2v) is 4.60. The van der Waals surface area contributed by atoms with Crippen LogP contribution in [0.2, 0.25) is 0 Å². The fourth-order valence-corrected chi connectivity index (χ4v) is 2.34. The van der Waals surface area contributed by atoms with Crippen LogP contribution in [0, 0.1) is 0 Å². The molecule has 0 bridgehead atoms. The van der Waals surface area contributed by atoms with Gasteiger partial charge in [-0.1, -0.05) is 18.2 Å². The summed E-state index contributed by atoms with van der Waals surface area (Å²) in [6.45, 7) is 1.61. The van der Waals surface area contributed by atoms with Crippen molar-refractivity contribution < 1.29 is 4.74 Å². The van der Waals surface area contributed by atoms with Crippen molar-refractivity contribution in [2.45, 2.75) is 19.0 Å². The normalized spacial score (nSPS) is 18.2. The van der Waals surface area contributed by atoms with Crippen LogP contribution in [0.5, 0.6) is 5.75 Å². The first-order valence-corrected chi connectivity index (χ1v) is 6.25. The van der Waals surface area contributed by atoms with Gasteiger partial charge in [-0.15, -0.1) is 0 Å². The van der Waals surface area contributed by atoms with Gasteiger partial charge in [0.25, 0.3) is 0 Å². The summed E-state index contributed by atoms with van der Waals surface area (Å²) in [4.78, 5) is 4.13. The van der Waals surface area contributed by atoms with Crippen molar-refractivity contribution in [3.63, 3.8) is 0 Å². The van der Waals surface area contributed by atoms with Crippen LogP contribution >= 0.6 is 0 Å². The molecule has 1 N–H and O–H groups in total. The van der Waals surface area contributed by atoms with Crippen LogP contribution in [0.25, 0.3) is 0 Å². The van der Waals surface area contributed by atoms with E-state index in [2.05, 4.69) is 22.4 Å². The minimum Gasteiger partial charge on any atom is -0.493 e. The predicted octanol–water partition coefficient (Wildman–Crippen LogP) is 2.03. The van der Waals surface area contributed by atoms with Gasteiger partial charge in [0.2, 0.25) is 0 Å². The molecule has 0 saturated carbocycles. The monoisotopic (exact) mass is 243 g/mol. The fourth-order valence-electron chi connectivity index (χ4n) is 2.34. The number of rotatable bonds is 3. The first-order chi connectivity index (χ1) is 8.84. The molecule has 3 rings (SSSR count). The van der Waals surface area contributed by atoms with Gasteiger partial charge in [0.1, 0.15) is 5.75 Å². The summed E-state index contributed by atoms with van der Waals surface area (Å²) < 4.78 is 7.70. The lowest BCUT2D eigenvalue weighted by atomic mass is 10.0. The Labute approximate surface area is 107 Å². The van der Waals surface area contributed by atoms with Crippen molar-refractivity contribution in [1.29, 1.82) is 0 Å². The fraction of sp³-hybridized carbons (Fsp3) is 0.357. The number of aryl methyl sites for hydroxylation is 1. The zero-order valence-corrected chi connectivity index (χ0v) is 10.5. The summed E-state index contributed by atoms with van der Waals surface area (Å²) in [7, 11) is 2.02. The van der Waals surface area contributed by atoms with E-state index in [0.29, 0.717) is 6.04 Å². The van der Waals surface area contributed by atoms with E-state index >= 15 is 0 Å². The maximum atomic E-state index is 5.66. The van der Waals surface area contributed by atoms with Crippen molar-refractivity contribution in [3.05, 3.63) is 48.0 Å². The lowest BCUT2D eigenvalue weighted by molar-refractivity contribution is 0.251. The molecular weight excluding hydrogens is 226 g/mol. The molecular formula is C14H17N3O. The van der Waals surface area contributed by atoms with Gasteiger partial charge in [-0.05, 0) is 6.07 Å². The number of nitrogens with one attached hydrogen (secondary N) is 1. The molecule has 0 fully saturated rings. The molecule has 4 heteroatoms. The highest BCUT2D eigenvalue weighted by Gasteiger charge is 2.20. The van der Waals surface area contributed by atoms with E-state index in [1.807, 2.05) is 36.3 Å². The van der Waals surface area contributed by atoms with Crippen LogP contribution in [0.15, 0.2) is 36.8 Å². The smallest absolute Gasteiger partial charge is 0.124 e. The van der Waals surface area contributed by atoms with Gasteiger partial charge in [-0.2, -0.15) is 0 Å². The molecule has 2 heterocycles. The topological polar surface area (TPSA) is 39.1 Å².